The average Bonchev–Trinajstić information content (AvgIpc) is 3.18. The van der Waals surface area contributed by atoms with E-state index >= 15 is 0 Å². The summed E-state index contributed by atoms with van der Waals surface area (Å²) in [6, 6.07) is 22.4. The summed E-state index contributed by atoms with van der Waals surface area (Å²) in [5, 5.41) is 17.7. The van der Waals surface area contributed by atoms with Gasteiger partial charge in [0, 0.05) is 43.6 Å². The molecule has 0 bridgehead atoms. The van der Waals surface area contributed by atoms with Crippen molar-refractivity contribution in [1.82, 2.24) is 19.9 Å². The second kappa shape index (κ2) is 25.1. The minimum atomic E-state index is -1.08. The third kappa shape index (κ3) is 16.1. The number of anilines is 1. The maximum atomic E-state index is 10.8. The average molecular weight is 940 g/mol. The number of halogens is 1. The topological polar surface area (TPSA) is 129 Å². The Morgan fingerprint density at radius 1 is 0.636 bits per heavy atom. The van der Waals surface area contributed by atoms with Crippen LogP contribution in [0, 0.1) is 26.7 Å². The summed E-state index contributed by atoms with van der Waals surface area (Å²) < 4.78 is 0. The first-order valence-corrected chi connectivity index (χ1v) is 20.3. The van der Waals surface area contributed by atoms with Gasteiger partial charge in [0.25, 0.3) is 0 Å². The molecule has 0 atom stereocenters. The molecule has 0 radical (unpaired) electrons. The number of carboxylic acid groups (broad SMARTS) is 2. The van der Waals surface area contributed by atoms with Crippen LogP contribution in [0.25, 0.3) is 41.0 Å². The van der Waals surface area contributed by atoms with Crippen molar-refractivity contribution in [3.8, 4) is 22.8 Å². The van der Waals surface area contributed by atoms with Crippen LogP contribution in [-0.2, 0) is 17.6 Å². The van der Waals surface area contributed by atoms with Gasteiger partial charge < -0.3 is 30.0 Å². The molecule has 4 heterocycles. The monoisotopic (exact) mass is 940 g/mol. The molecule has 11 heteroatoms. The van der Waals surface area contributed by atoms with Crippen molar-refractivity contribution in [2.24, 2.45) is 11.8 Å². The molecule has 0 saturated carbocycles. The van der Waals surface area contributed by atoms with Crippen LogP contribution in [0.2, 0.25) is 0 Å². The maximum absolute atomic E-state index is 10.8. The van der Waals surface area contributed by atoms with E-state index < -0.39 is 11.9 Å². The van der Waals surface area contributed by atoms with E-state index in [4.69, 9.17) is 10.2 Å². The van der Waals surface area contributed by atoms with E-state index in [1.807, 2.05) is 30.5 Å². The summed E-state index contributed by atoms with van der Waals surface area (Å²) in [6.07, 6.45) is 14.9. The Morgan fingerprint density at radius 2 is 1.02 bits per heavy atom. The summed E-state index contributed by atoms with van der Waals surface area (Å²) in [7, 11) is 4.67. The number of aromatic carboxylic acids is 2. The zero-order valence-electron chi connectivity index (χ0n) is 32.3. The molecule has 293 valence electrons. The molecule has 0 spiro atoms. The van der Waals surface area contributed by atoms with Crippen LogP contribution >= 0.6 is 9.64 Å². The predicted molar refractivity (Wildman–Crippen MR) is 224 cm³/mol. The van der Waals surface area contributed by atoms with Gasteiger partial charge in [-0.3, -0.25) is 19.9 Å². The van der Waals surface area contributed by atoms with Gasteiger partial charge in [0.15, 0.2) is 0 Å². The first-order valence-electron chi connectivity index (χ1n) is 17.1. The van der Waals surface area contributed by atoms with Crippen molar-refractivity contribution in [2.45, 2.75) is 40.5 Å². The van der Waals surface area contributed by atoms with Gasteiger partial charge in [-0.05, 0) is 102 Å². The molecule has 55 heavy (non-hydrogen) atoms. The Morgan fingerprint density at radius 3 is 1.44 bits per heavy atom. The Bertz CT molecular complexity index is 1900. The molecule has 5 aromatic rings. The SMILES string of the molecule is C=Cc1ccnc(-c2cc(/C=C/c3ccc(N(CCC(C)C)CCC(C)C)cc3)ccn2)c1.O=C(O)c1ccnc(-c2cc(C(=O)O)ccn2)c1.[CH3-].[CH3-].[Cl][Os]. The molecular weight excluding hydrogens is 888 g/mol. The van der Waals surface area contributed by atoms with Crippen molar-refractivity contribution in [1.29, 1.82) is 0 Å². The van der Waals surface area contributed by atoms with E-state index in [1.54, 1.807) is 6.20 Å². The number of aromatic nitrogens is 4. The van der Waals surface area contributed by atoms with Crippen molar-refractivity contribution < 1.29 is 37.4 Å². The standard InChI is InChI=1S/C30H37N3.C12H8N2O4.2CH3.ClH.Os/c1-6-25-13-17-31-29(21-25)30-22-27(14-18-32-30)8-7-26-9-11-28(12-10-26)33(19-15-23(2)3)20-16-24(4)5;15-11(16)7-1-3-13-9(5-7)10-6-8(12(17)18)2-4-14-10;;;;/h6-14,17-18,21-24H,1,15-16,19-20H2,2-5H3;1-6H,(H,15,16)(H,17,18);2*1H3;1H;/q;;2*-1;;+1/p-1/b8-7+;;;;;. The van der Waals surface area contributed by atoms with Crippen molar-refractivity contribution >= 4 is 45.5 Å². The second-order valence-corrected chi connectivity index (χ2v) is 12.9. The molecule has 4 aromatic heterocycles. The molecule has 5 rings (SSSR count). The van der Waals surface area contributed by atoms with Gasteiger partial charge in [-0.2, -0.15) is 0 Å². The number of hydrogen-bond donors (Lipinski definition) is 2. The fourth-order valence-corrected chi connectivity index (χ4v) is 5.00. The molecule has 0 aliphatic carbocycles. The minimum absolute atomic E-state index is 0. The third-order valence-corrected chi connectivity index (χ3v) is 8.02. The van der Waals surface area contributed by atoms with Gasteiger partial charge in [0.05, 0.1) is 33.9 Å². The van der Waals surface area contributed by atoms with E-state index in [-0.39, 0.29) is 26.0 Å². The van der Waals surface area contributed by atoms with Gasteiger partial charge in [-0.15, -0.1) is 0 Å². The van der Waals surface area contributed by atoms with E-state index in [0.29, 0.717) is 23.2 Å². The summed E-state index contributed by atoms with van der Waals surface area (Å²) in [6.45, 7) is 15.2. The summed E-state index contributed by atoms with van der Waals surface area (Å²) in [5.74, 6) is -0.719. The number of benzene rings is 1. The van der Waals surface area contributed by atoms with Crippen LogP contribution < -0.4 is 4.90 Å². The fourth-order valence-electron chi connectivity index (χ4n) is 5.00. The van der Waals surface area contributed by atoms with Crippen LogP contribution in [0.4, 0.5) is 5.69 Å². The van der Waals surface area contributed by atoms with Crippen molar-refractivity contribution in [2.75, 3.05) is 18.0 Å². The van der Waals surface area contributed by atoms with Crippen LogP contribution in [0.1, 0.15) is 77.9 Å². The molecule has 0 amide bonds. The van der Waals surface area contributed by atoms with E-state index in [1.165, 1.54) is 78.4 Å². The molecule has 2 N–H and O–H groups in total. The van der Waals surface area contributed by atoms with Gasteiger partial charge in [-0.1, -0.05) is 64.6 Å². The van der Waals surface area contributed by atoms with Crippen LogP contribution in [0.15, 0.2) is 104 Å². The number of nitrogens with zero attached hydrogens (tertiary/aromatic N) is 5. The van der Waals surface area contributed by atoms with Crippen LogP contribution in [0.5, 0.6) is 0 Å². The zero-order valence-corrected chi connectivity index (χ0v) is 35.6. The van der Waals surface area contributed by atoms with Crippen LogP contribution in [0.3, 0.4) is 0 Å². The van der Waals surface area contributed by atoms with Crippen molar-refractivity contribution in [3.63, 3.8) is 0 Å². The molecule has 0 aliphatic heterocycles. The van der Waals surface area contributed by atoms with Crippen LogP contribution in [-0.4, -0.2) is 55.2 Å². The molecule has 1 aromatic carbocycles. The second-order valence-electron chi connectivity index (χ2n) is 12.9. The Balaban J connectivity index is 0.000000584. The van der Waals surface area contributed by atoms with E-state index in [0.717, 1.165) is 35.6 Å². The third-order valence-electron chi connectivity index (χ3n) is 8.02. The molecule has 0 fully saturated rings. The molecule has 0 aliphatic rings. The van der Waals surface area contributed by atoms with Crippen molar-refractivity contribution in [3.05, 3.63) is 147 Å². The number of rotatable bonds is 14. The van der Waals surface area contributed by atoms with E-state index in [9.17, 15) is 9.59 Å². The van der Waals surface area contributed by atoms with E-state index in [2.05, 4.69) is 111 Å². The zero-order chi connectivity index (χ0) is 38.8. The first kappa shape index (κ1) is 48.0. The Labute approximate surface area is 341 Å². The summed E-state index contributed by atoms with van der Waals surface area (Å²) >= 11 is 1.33. The fraction of sp³-hybridized carbons (Fsp3) is 0.227. The number of hydrogen-bond acceptors (Lipinski definition) is 7. The van der Waals surface area contributed by atoms with Gasteiger partial charge in [0.2, 0.25) is 0 Å². The number of pyridine rings is 4. The Hall–Kier alpha value is -5.03. The first-order chi connectivity index (χ1) is 25.5. The summed E-state index contributed by atoms with van der Waals surface area (Å²) in [5.41, 5.74) is 7.14. The molecule has 0 unspecified atom stereocenters. The quantitative estimate of drug-likeness (QED) is 0.105. The predicted octanol–water partition coefficient (Wildman–Crippen LogP) is 11.0. The summed E-state index contributed by atoms with van der Waals surface area (Å²) in [4.78, 5) is 41.1. The van der Waals surface area contributed by atoms with Gasteiger partial charge in [0.1, 0.15) is 0 Å². The normalized spacial score (nSPS) is 10.3. The Kier molecular flexibility index (Phi) is 21.9. The number of carboxylic acids is 2. The molecule has 9 nitrogen and oxygen atoms in total. The number of carbonyl (C=O) groups is 2. The molecular formula is C44H51ClN5O4Os-2. The van der Waals surface area contributed by atoms with Gasteiger partial charge >= 0.3 is 39.2 Å². The van der Waals surface area contributed by atoms with Gasteiger partial charge in [-0.25, -0.2) is 9.59 Å². The molecule has 0 saturated heterocycles.